The molecule has 0 spiro atoms. The highest BCUT2D eigenvalue weighted by molar-refractivity contribution is 14.1. The molecular weight excluding hydrogens is 590 g/mol. The predicted molar refractivity (Wildman–Crippen MR) is 148 cm³/mol. The van der Waals surface area contributed by atoms with Crippen LogP contribution >= 0.6 is 34.4 Å². The highest BCUT2D eigenvalue weighted by atomic mass is 127. The van der Waals surface area contributed by atoms with Crippen LogP contribution in [0, 0.1) is 9.39 Å². The smallest absolute Gasteiger partial charge is 0.267 e. The molecule has 0 radical (unpaired) electrons. The van der Waals surface area contributed by atoms with Crippen molar-refractivity contribution < 1.29 is 18.3 Å². The summed E-state index contributed by atoms with van der Waals surface area (Å²) in [6, 6.07) is 25.2. The third-order valence-electron chi connectivity index (χ3n) is 5.32. The van der Waals surface area contributed by atoms with E-state index in [-0.39, 0.29) is 11.7 Å². The molecule has 5 nitrogen and oxygen atoms in total. The number of hydrogen-bond donors (Lipinski definition) is 0. The molecule has 1 aliphatic heterocycles. The van der Waals surface area contributed by atoms with E-state index in [1.165, 1.54) is 23.9 Å². The summed E-state index contributed by atoms with van der Waals surface area (Å²) < 4.78 is 25.4. The van der Waals surface area contributed by atoms with Gasteiger partial charge in [-0.3, -0.25) is 9.69 Å². The van der Waals surface area contributed by atoms with Crippen LogP contribution in [-0.2, 0) is 17.9 Å². The zero-order chi connectivity index (χ0) is 24.9. The Kier molecular flexibility index (Phi) is 7.52. The van der Waals surface area contributed by atoms with Gasteiger partial charge in [0.2, 0.25) is 0 Å². The predicted octanol–water partition coefficient (Wildman–Crippen LogP) is 7.41. The number of benzene rings is 3. The van der Waals surface area contributed by atoms with E-state index in [1.807, 2.05) is 60.7 Å². The largest absolute Gasteiger partial charge is 0.488 e. The van der Waals surface area contributed by atoms with Crippen LogP contribution in [0.5, 0.6) is 5.75 Å². The Morgan fingerprint density at radius 3 is 2.56 bits per heavy atom. The second-order valence-corrected chi connectivity index (χ2v) is 10.1. The van der Waals surface area contributed by atoms with Crippen LogP contribution in [0.25, 0.3) is 6.08 Å². The summed E-state index contributed by atoms with van der Waals surface area (Å²) >= 11 is 3.55. The fourth-order valence-corrected chi connectivity index (χ4v) is 5.21. The quantitative estimate of drug-likeness (QED) is 0.162. The minimum absolute atomic E-state index is 0.127. The summed E-state index contributed by atoms with van der Waals surface area (Å²) in [5.41, 5.74) is 2.53. The fourth-order valence-electron chi connectivity index (χ4n) is 3.52. The molecule has 1 aliphatic rings. The average Bonchev–Trinajstić information content (AvgIpc) is 3.50. The van der Waals surface area contributed by atoms with Gasteiger partial charge in [0.15, 0.2) is 5.17 Å². The van der Waals surface area contributed by atoms with Crippen LogP contribution in [0.15, 0.2) is 106 Å². The Morgan fingerprint density at radius 2 is 1.83 bits per heavy atom. The van der Waals surface area contributed by atoms with Crippen molar-refractivity contribution in [2.75, 3.05) is 0 Å². The van der Waals surface area contributed by atoms with Crippen molar-refractivity contribution in [1.29, 1.82) is 0 Å². The second kappa shape index (κ2) is 11.1. The minimum Gasteiger partial charge on any atom is -0.488 e. The van der Waals surface area contributed by atoms with Crippen LogP contribution in [0.4, 0.5) is 10.1 Å². The molecule has 0 bridgehead atoms. The van der Waals surface area contributed by atoms with E-state index in [4.69, 9.17) is 14.1 Å². The van der Waals surface area contributed by atoms with E-state index < -0.39 is 0 Å². The molecule has 1 saturated heterocycles. The molecule has 36 heavy (non-hydrogen) atoms. The molecule has 0 N–H and O–H groups in total. The van der Waals surface area contributed by atoms with Crippen LogP contribution in [0.1, 0.15) is 16.9 Å². The van der Waals surface area contributed by atoms with Gasteiger partial charge < -0.3 is 9.15 Å². The van der Waals surface area contributed by atoms with E-state index >= 15 is 0 Å². The van der Waals surface area contributed by atoms with E-state index in [2.05, 4.69) is 22.6 Å². The van der Waals surface area contributed by atoms with Crippen molar-refractivity contribution in [2.24, 2.45) is 4.99 Å². The molecule has 0 aliphatic carbocycles. The SMILES string of the molecule is O=C1/C(=C/c2ccc(OCc3ccc(F)cc3)c(I)c2)SC(=Nc2ccccc2)N1Cc1ccco1. The number of hydrogen-bond acceptors (Lipinski definition) is 5. The van der Waals surface area contributed by atoms with Crippen molar-refractivity contribution in [1.82, 2.24) is 4.90 Å². The molecule has 1 aromatic heterocycles. The topological polar surface area (TPSA) is 55.0 Å². The van der Waals surface area contributed by atoms with Gasteiger partial charge in [0.05, 0.1) is 27.0 Å². The maximum atomic E-state index is 13.3. The van der Waals surface area contributed by atoms with E-state index in [1.54, 1.807) is 29.4 Å². The third kappa shape index (κ3) is 5.88. The maximum Gasteiger partial charge on any atom is 0.267 e. The lowest BCUT2D eigenvalue weighted by molar-refractivity contribution is -0.122. The number of ether oxygens (including phenoxy) is 1. The lowest BCUT2D eigenvalue weighted by Gasteiger charge is -2.13. The summed E-state index contributed by atoms with van der Waals surface area (Å²) in [6.45, 7) is 0.641. The van der Waals surface area contributed by atoms with Crippen LogP contribution in [0.2, 0.25) is 0 Å². The number of furan rings is 1. The lowest BCUT2D eigenvalue weighted by Crippen LogP contribution is -2.28. The number of amidine groups is 1. The lowest BCUT2D eigenvalue weighted by atomic mass is 10.2. The third-order valence-corrected chi connectivity index (χ3v) is 7.17. The summed E-state index contributed by atoms with van der Waals surface area (Å²) in [6.07, 6.45) is 3.46. The van der Waals surface area contributed by atoms with Gasteiger partial charge in [-0.2, -0.15) is 0 Å². The number of rotatable bonds is 7. The van der Waals surface area contributed by atoms with E-state index in [0.717, 1.165) is 26.1 Å². The first-order valence-electron chi connectivity index (χ1n) is 11.1. The number of carbonyl (C=O) groups excluding carboxylic acids is 1. The Labute approximate surface area is 225 Å². The molecule has 3 aromatic carbocycles. The maximum absolute atomic E-state index is 13.3. The number of thioether (sulfide) groups is 1. The molecule has 180 valence electrons. The second-order valence-electron chi connectivity index (χ2n) is 7.92. The van der Waals surface area contributed by atoms with Crippen molar-refractivity contribution >= 4 is 57.2 Å². The van der Waals surface area contributed by atoms with Crippen molar-refractivity contribution in [2.45, 2.75) is 13.2 Å². The molecular formula is C28H20FIN2O3S. The molecule has 8 heteroatoms. The summed E-state index contributed by atoms with van der Waals surface area (Å²) in [7, 11) is 0. The van der Waals surface area contributed by atoms with Crippen molar-refractivity contribution in [3.05, 3.63) is 122 Å². The Bertz CT molecular complexity index is 1420. The molecule has 4 aromatic rings. The number of halogens is 2. The highest BCUT2D eigenvalue weighted by Gasteiger charge is 2.34. The van der Waals surface area contributed by atoms with Gasteiger partial charge in [-0.1, -0.05) is 36.4 Å². The van der Waals surface area contributed by atoms with Gasteiger partial charge in [-0.15, -0.1) is 0 Å². The number of carbonyl (C=O) groups is 1. The Morgan fingerprint density at radius 1 is 1.03 bits per heavy atom. The van der Waals surface area contributed by atoms with Crippen LogP contribution in [-0.4, -0.2) is 16.0 Å². The molecule has 0 atom stereocenters. The number of amides is 1. The molecule has 0 unspecified atom stereocenters. The normalized spacial score (nSPS) is 15.7. The minimum atomic E-state index is -0.273. The molecule has 0 saturated carbocycles. The van der Waals surface area contributed by atoms with Gasteiger partial charge in [0, 0.05) is 0 Å². The first kappa shape index (κ1) is 24.3. The molecule has 5 rings (SSSR count). The average molecular weight is 610 g/mol. The zero-order valence-electron chi connectivity index (χ0n) is 18.9. The molecule has 2 heterocycles. The molecule has 1 amide bonds. The highest BCUT2D eigenvalue weighted by Crippen LogP contribution is 2.36. The standard InChI is InChI=1S/C28H20FIN2O3S/c29-21-11-8-19(9-12-21)18-35-25-13-10-20(15-24(25)30)16-26-27(33)32(17-23-7-4-14-34-23)28(36-26)31-22-5-2-1-3-6-22/h1-16H,17-18H2/b26-16-,31-28?. The van der Waals surface area contributed by atoms with Crippen LogP contribution < -0.4 is 4.74 Å². The summed E-state index contributed by atoms with van der Waals surface area (Å²) in [5, 5.41) is 0.600. The number of aliphatic imine (C=N–C) groups is 1. The molecule has 1 fully saturated rings. The zero-order valence-corrected chi connectivity index (χ0v) is 21.9. The van der Waals surface area contributed by atoms with Crippen molar-refractivity contribution in [3.63, 3.8) is 0 Å². The van der Waals surface area contributed by atoms with Crippen LogP contribution in [0.3, 0.4) is 0 Å². The monoisotopic (exact) mass is 610 g/mol. The number of nitrogens with zero attached hydrogens (tertiary/aromatic N) is 2. The van der Waals surface area contributed by atoms with Gasteiger partial charge >= 0.3 is 0 Å². The van der Waals surface area contributed by atoms with Crippen molar-refractivity contribution in [3.8, 4) is 5.75 Å². The first-order chi connectivity index (χ1) is 17.5. The first-order valence-corrected chi connectivity index (χ1v) is 13.0. The summed E-state index contributed by atoms with van der Waals surface area (Å²) in [4.78, 5) is 20.3. The van der Waals surface area contributed by atoms with Gasteiger partial charge in [-0.25, -0.2) is 9.38 Å². The Balaban J connectivity index is 1.36. The Hall–Kier alpha value is -3.37. The van der Waals surface area contributed by atoms with E-state index in [9.17, 15) is 9.18 Å². The fraction of sp³-hybridized carbons (Fsp3) is 0.0714. The van der Waals surface area contributed by atoms with E-state index in [0.29, 0.717) is 29.0 Å². The van der Waals surface area contributed by atoms with Gasteiger partial charge in [-0.05, 0) is 100 Å². The van der Waals surface area contributed by atoms with Gasteiger partial charge in [0.1, 0.15) is 23.9 Å². The summed E-state index contributed by atoms with van der Waals surface area (Å²) in [5.74, 6) is 1.00. The van der Waals surface area contributed by atoms with Gasteiger partial charge in [0.25, 0.3) is 5.91 Å². The number of para-hydroxylation sites is 1.